The molecule has 0 fully saturated rings. The summed E-state index contributed by atoms with van der Waals surface area (Å²) in [5.74, 6) is 0. The molecule has 0 N–H and O–H groups in total. The van der Waals surface area contributed by atoms with Crippen molar-refractivity contribution in [1.82, 2.24) is 0 Å². The Bertz CT molecular complexity index is 764. The van der Waals surface area contributed by atoms with Crippen molar-refractivity contribution in [2.45, 2.75) is 18.6 Å². The molecular formula is C21H18O. The van der Waals surface area contributed by atoms with E-state index in [0.29, 0.717) is 6.61 Å². The smallest absolute Gasteiger partial charge is 0.123 e. The van der Waals surface area contributed by atoms with Gasteiger partial charge < -0.3 is 4.74 Å². The van der Waals surface area contributed by atoms with Crippen molar-refractivity contribution in [2.75, 3.05) is 0 Å². The van der Waals surface area contributed by atoms with Crippen molar-refractivity contribution in [3.05, 3.63) is 107 Å². The average molecular weight is 286 g/mol. The molecule has 1 aliphatic heterocycles. The molecule has 1 heteroatoms. The van der Waals surface area contributed by atoms with Gasteiger partial charge in [-0.3, -0.25) is 0 Å². The van der Waals surface area contributed by atoms with Gasteiger partial charge in [0.1, 0.15) is 5.60 Å². The number of hydrogen-bond donors (Lipinski definition) is 0. The molecule has 0 unspecified atom stereocenters. The van der Waals surface area contributed by atoms with Crippen LogP contribution in [0.2, 0.25) is 0 Å². The fourth-order valence-corrected chi connectivity index (χ4v) is 3.40. The highest BCUT2D eigenvalue weighted by atomic mass is 16.5. The van der Waals surface area contributed by atoms with E-state index in [1.54, 1.807) is 0 Å². The van der Waals surface area contributed by atoms with Crippen LogP contribution in [-0.2, 0) is 23.4 Å². The molecule has 0 bridgehead atoms. The van der Waals surface area contributed by atoms with E-state index in [0.717, 1.165) is 6.42 Å². The molecule has 1 heterocycles. The van der Waals surface area contributed by atoms with Gasteiger partial charge in [0.05, 0.1) is 6.61 Å². The van der Waals surface area contributed by atoms with Crippen molar-refractivity contribution in [3.63, 3.8) is 0 Å². The minimum absolute atomic E-state index is 0.376. The van der Waals surface area contributed by atoms with Gasteiger partial charge in [-0.15, -0.1) is 0 Å². The van der Waals surface area contributed by atoms with Gasteiger partial charge in [-0.1, -0.05) is 84.9 Å². The molecule has 1 nitrogen and oxygen atoms in total. The fraction of sp³-hybridized carbons (Fsp3) is 0.143. The molecule has 0 radical (unpaired) electrons. The van der Waals surface area contributed by atoms with Crippen molar-refractivity contribution in [2.24, 2.45) is 0 Å². The maximum absolute atomic E-state index is 6.40. The molecule has 0 amide bonds. The Kier molecular flexibility index (Phi) is 3.28. The summed E-state index contributed by atoms with van der Waals surface area (Å²) in [6.45, 7) is 0.678. The SMILES string of the molecule is c1ccc(C[C@@]2(c3ccccc3)OCc3ccccc32)cc1. The molecule has 3 aromatic rings. The summed E-state index contributed by atoms with van der Waals surface area (Å²) in [7, 11) is 0. The van der Waals surface area contributed by atoms with Crippen LogP contribution in [-0.4, -0.2) is 0 Å². The molecule has 22 heavy (non-hydrogen) atoms. The molecule has 0 saturated heterocycles. The normalized spacial score (nSPS) is 19.8. The van der Waals surface area contributed by atoms with E-state index in [-0.39, 0.29) is 5.60 Å². The van der Waals surface area contributed by atoms with Gasteiger partial charge in [-0.25, -0.2) is 0 Å². The Hall–Kier alpha value is -2.38. The maximum Gasteiger partial charge on any atom is 0.123 e. The van der Waals surface area contributed by atoms with Crippen molar-refractivity contribution in [1.29, 1.82) is 0 Å². The molecule has 0 spiro atoms. The van der Waals surface area contributed by atoms with E-state index >= 15 is 0 Å². The maximum atomic E-state index is 6.40. The van der Waals surface area contributed by atoms with Crippen LogP contribution in [0.25, 0.3) is 0 Å². The van der Waals surface area contributed by atoms with E-state index < -0.39 is 0 Å². The van der Waals surface area contributed by atoms with E-state index in [2.05, 4.69) is 84.9 Å². The highest BCUT2D eigenvalue weighted by Crippen LogP contribution is 2.44. The first-order chi connectivity index (χ1) is 10.9. The van der Waals surface area contributed by atoms with Gasteiger partial charge in [-0.2, -0.15) is 0 Å². The summed E-state index contributed by atoms with van der Waals surface area (Å²) >= 11 is 0. The minimum Gasteiger partial charge on any atom is -0.360 e. The average Bonchev–Trinajstić information content (AvgIpc) is 2.97. The summed E-state index contributed by atoms with van der Waals surface area (Å²) in [6.07, 6.45) is 0.856. The predicted octanol–water partition coefficient (Wildman–Crippen LogP) is 4.70. The summed E-state index contributed by atoms with van der Waals surface area (Å²) in [6, 6.07) is 29.7. The molecule has 0 aromatic heterocycles. The number of benzene rings is 3. The number of fused-ring (bicyclic) bond motifs is 1. The molecule has 1 atom stereocenters. The Morgan fingerprint density at radius 1 is 0.727 bits per heavy atom. The first-order valence-electron chi connectivity index (χ1n) is 7.70. The lowest BCUT2D eigenvalue weighted by Gasteiger charge is -2.30. The van der Waals surface area contributed by atoms with Crippen LogP contribution in [0, 0.1) is 0 Å². The Morgan fingerprint density at radius 3 is 2.14 bits per heavy atom. The summed E-state index contributed by atoms with van der Waals surface area (Å²) in [5.41, 5.74) is 4.73. The minimum atomic E-state index is -0.376. The number of ether oxygens (including phenoxy) is 1. The molecular weight excluding hydrogens is 268 g/mol. The second kappa shape index (κ2) is 5.43. The van der Waals surface area contributed by atoms with Gasteiger partial charge in [0.2, 0.25) is 0 Å². The molecule has 0 saturated carbocycles. The van der Waals surface area contributed by atoms with Crippen LogP contribution in [0.4, 0.5) is 0 Å². The summed E-state index contributed by atoms with van der Waals surface area (Å²) in [4.78, 5) is 0. The number of hydrogen-bond acceptors (Lipinski definition) is 1. The number of rotatable bonds is 3. The van der Waals surface area contributed by atoms with Crippen LogP contribution >= 0.6 is 0 Å². The van der Waals surface area contributed by atoms with E-state index in [1.165, 1.54) is 22.3 Å². The predicted molar refractivity (Wildman–Crippen MR) is 88.6 cm³/mol. The monoisotopic (exact) mass is 286 g/mol. The topological polar surface area (TPSA) is 9.23 Å². The van der Waals surface area contributed by atoms with Crippen LogP contribution in [0.5, 0.6) is 0 Å². The third kappa shape index (κ3) is 2.15. The van der Waals surface area contributed by atoms with Crippen molar-refractivity contribution < 1.29 is 4.74 Å². The van der Waals surface area contributed by atoms with Crippen molar-refractivity contribution >= 4 is 0 Å². The zero-order valence-electron chi connectivity index (χ0n) is 12.4. The Labute approximate surface area is 131 Å². The Balaban J connectivity index is 1.87. The fourth-order valence-electron chi connectivity index (χ4n) is 3.40. The van der Waals surface area contributed by atoms with Crippen LogP contribution < -0.4 is 0 Å². The second-order valence-corrected chi connectivity index (χ2v) is 5.80. The highest BCUT2D eigenvalue weighted by molar-refractivity contribution is 5.45. The standard InChI is InChI=1S/C21H18O/c1-3-9-17(10-4-1)15-21(19-12-5-2-6-13-19)20-14-8-7-11-18(20)16-22-21/h1-14H,15-16H2/t21-/m0/s1. The van der Waals surface area contributed by atoms with Crippen LogP contribution in [0.3, 0.4) is 0 Å². The third-order valence-electron chi connectivity index (χ3n) is 4.46. The zero-order chi connectivity index (χ0) is 14.8. The van der Waals surface area contributed by atoms with Crippen LogP contribution in [0.15, 0.2) is 84.9 Å². The third-order valence-corrected chi connectivity index (χ3v) is 4.46. The van der Waals surface area contributed by atoms with E-state index in [1.807, 2.05) is 0 Å². The summed E-state index contributed by atoms with van der Waals surface area (Å²) < 4.78 is 6.40. The second-order valence-electron chi connectivity index (χ2n) is 5.80. The molecule has 3 aromatic carbocycles. The van der Waals surface area contributed by atoms with Gasteiger partial charge in [-0.05, 0) is 22.3 Å². The van der Waals surface area contributed by atoms with Gasteiger partial charge in [0.15, 0.2) is 0 Å². The van der Waals surface area contributed by atoms with Crippen molar-refractivity contribution in [3.8, 4) is 0 Å². The lowest BCUT2D eigenvalue weighted by Crippen LogP contribution is -2.29. The quantitative estimate of drug-likeness (QED) is 0.678. The molecule has 1 aliphatic rings. The first-order valence-corrected chi connectivity index (χ1v) is 7.70. The van der Waals surface area contributed by atoms with Gasteiger partial charge in [0, 0.05) is 6.42 Å². The summed E-state index contributed by atoms with van der Waals surface area (Å²) in [5, 5.41) is 0. The lowest BCUT2D eigenvalue weighted by molar-refractivity contribution is -0.00492. The largest absolute Gasteiger partial charge is 0.360 e. The highest BCUT2D eigenvalue weighted by Gasteiger charge is 2.41. The molecule has 0 aliphatic carbocycles. The molecule has 108 valence electrons. The van der Waals surface area contributed by atoms with E-state index in [9.17, 15) is 0 Å². The van der Waals surface area contributed by atoms with Gasteiger partial charge in [0.25, 0.3) is 0 Å². The van der Waals surface area contributed by atoms with Gasteiger partial charge >= 0.3 is 0 Å². The lowest BCUT2D eigenvalue weighted by atomic mass is 9.81. The van der Waals surface area contributed by atoms with Crippen LogP contribution in [0.1, 0.15) is 22.3 Å². The molecule has 4 rings (SSSR count). The Morgan fingerprint density at radius 2 is 1.36 bits per heavy atom. The zero-order valence-corrected chi connectivity index (χ0v) is 12.4. The first kappa shape index (κ1) is 13.3. The van der Waals surface area contributed by atoms with E-state index in [4.69, 9.17) is 4.74 Å².